The molecule has 0 saturated heterocycles. The van der Waals surface area contributed by atoms with Crippen LogP contribution in [0.15, 0.2) is 6.20 Å². The van der Waals surface area contributed by atoms with E-state index in [0.717, 1.165) is 37.8 Å². The molecule has 1 fully saturated rings. The van der Waals surface area contributed by atoms with Crippen LogP contribution < -0.4 is 5.32 Å². The molecule has 17 heavy (non-hydrogen) atoms. The van der Waals surface area contributed by atoms with Crippen LogP contribution in [0.2, 0.25) is 0 Å². The maximum atomic E-state index is 4.55. The summed E-state index contributed by atoms with van der Waals surface area (Å²) in [5.41, 5.74) is 1.10. The third-order valence-corrected chi connectivity index (χ3v) is 3.36. The average Bonchev–Trinajstić information content (AvgIpc) is 3.05. The monoisotopic (exact) mass is 236 g/mol. The molecule has 4 nitrogen and oxygen atoms in total. The van der Waals surface area contributed by atoms with Crippen LogP contribution in [0.25, 0.3) is 0 Å². The van der Waals surface area contributed by atoms with Crippen molar-refractivity contribution in [2.75, 3.05) is 25.0 Å². The highest BCUT2D eigenvalue weighted by Gasteiger charge is 2.22. The Labute approximate surface area is 104 Å². The molecule has 1 heterocycles. The molecule has 0 bridgehead atoms. The first-order valence-corrected chi connectivity index (χ1v) is 6.75. The molecule has 1 aliphatic rings. The molecule has 1 saturated carbocycles. The zero-order chi connectivity index (χ0) is 12.3. The van der Waals surface area contributed by atoms with Crippen molar-refractivity contribution in [1.82, 2.24) is 14.5 Å². The van der Waals surface area contributed by atoms with Gasteiger partial charge in [-0.3, -0.25) is 0 Å². The molecule has 0 atom stereocenters. The lowest BCUT2D eigenvalue weighted by Gasteiger charge is -2.18. The number of hydrogen-bond acceptors (Lipinski definition) is 3. The van der Waals surface area contributed by atoms with Crippen molar-refractivity contribution >= 4 is 5.95 Å². The topological polar surface area (TPSA) is 33.1 Å². The number of imidazole rings is 1. The molecule has 1 aliphatic carbocycles. The van der Waals surface area contributed by atoms with Gasteiger partial charge in [-0.05, 0) is 32.9 Å². The molecule has 0 amide bonds. The number of rotatable bonds is 7. The summed E-state index contributed by atoms with van der Waals surface area (Å²) in [4.78, 5) is 6.99. The van der Waals surface area contributed by atoms with Gasteiger partial charge in [0.25, 0.3) is 0 Å². The molecule has 2 rings (SSSR count). The molecular weight excluding hydrogens is 212 g/mol. The Balaban J connectivity index is 1.93. The number of anilines is 1. The standard InChI is InChI=1S/C13H24N4/c1-4-16(5-2)8-9-17-10-11(3)14-13(17)15-12-6-7-12/h10,12H,4-9H2,1-3H3,(H,14,15). The van der Waals surface area contributed by atoms with Crippen molar-refractivity contribution in [3.63, 3.8) is 0 Å². The first-order valence-electron chi connectivity index (χ1n) is 6.75. The van der Waals surface area contributed by atoms with E-state index in [0.29, 0.717) is 6.04 Å². The minimum atomic E-state index is 0.670. The molecule has 0 radical (unpaired) electrons. The summed E-state index contributed by atoms with van der Waals surface area (Å²) in [5, 5.41) is 3.50. The van der Waals surface area contributed by atoms with Crippen molar-refractivity contribution in [2.45, 2.75) is 46.2 Å². The fourth-order valence-electron chi connectivity index (χ4n) is 2.03. The summed E-state index contributed by atoms with van der Waals surface area (Å²) in [5.74, 6) is 1.05. The van der Waals surface area contributed by atoms with Gasteiger partial charge in [0, 0.05) is 25.3 Å². The molecule has 0 aliphatic heterocycles. The Morgan fingerprint density at radius 2 is 2.12 bits per heavy atom. The second kappa shape index (κ2) is 5.54. The van der Waals surface area contributed by atoms with Crippen molar-refractivity contribution < 1.29 is 0 Å². The van der Waals surface area contributed by atoms with Gasteiger partial charge in [-0.1, -0.05) is 13.8 Å². The molecule has 1 aromatic heterocycles. The lowest BCUT2D eigenvalue weighted by atomic mass is 10.4. The van der Waals surface area contributed by atoms with E-state index < -0.39 is 0 Å². The number of hydrogen-bond donors (Lipinski definition) is 1. The number of aryl methyl sites for hydroxylation is 1. The predicted octanol–water partition coefficient (Wildman–Crippen LogP) is 2.11. The molecule has 96 valence electrons. The SMILES string of the molecule is CCN(CC)CCn1cc(C)nc1NC1CC1. The van der Waals surface area contributed by atoms with Gasteiger partial charge in [0.2, 0.25) is 5.95 Å². The van der Waals surface area contributed by atoms with Crippen LogP contribution in [0.1, 0.15) is 32.4 Å². The van der Waals surface area contributed by atoms with Crippen molar-refractivity contribution in [3.05, 3.63) is 11.9 Å². The van der Waals surface area contributed by atoms with E-state index in [1.807, 2.05) is 0 Å². The molecule has 1 N–H and O–H groups in total. The Bertz CT molecular complexity index is 350. The molecule has 0 spiro atoms. The van der Waals surface area contributed by atoms with Crippen molar-refractivity contribution in [1.29, 1.82) is 0 Å². The van der Waals surface area contributed by atoms with Crippen LogP contribution >= 0.6 is 0 Å². The number of nitrogens with one attached hydrogen (secondary N) is 1. The quantitative estimate of drug-likeness (QED) is 0.787. The minimum absolute atomic E-state index is 0.670. The second-order valence-electron chi connectivity index (χ2n) is 4.84. The smallest absolute Gasteiger partial charge is 0.203 e. The second-order valence-corrected chi connectivity index (χ2v) is 4.84. The lowest BCUT2D eigenvalue weighted by Crippen LogP contribution is -2.27. The van der Waals surface area contributed by atoms with E-state index in [2.05, 4.69) is 46.7 Å². The fraction of sp³-hybridized carbons (Fsp3) is 0.769. The molecule has 4 heteroatoms. The van der Waals surface area contributed by atoms with Crippen LogP contribution in [-0.2, 0) is 6.54 Å². The summed E-state index contributed by atoms with van der Waals surface area (Å²) in [6.45, 7) is 10.9. The summed E-state index contributed by atoms with van der Waals surface area (Å²) in [6.07, 6.45) is 4.73. The van der Waals surface area contributed by atoms with E-state index >= 15 is 0 Å². The van der Waals surface area contributed by atoms with Gasteiger partial charge < -0.3 is 14.8 Å². The van der Waals surface area contributed by atoms with Gasteiger partial charge in [0.05, 0.1) is 5.69 Å². The Kier molecular flexibility index (Phi) is 4.05. The Morgan fingerprint density at radius 1 is 1.41 bits per heavy atom. The lowest BCUT2D eigenvalue weighted by molar-refractivity contribution is 0.291. The van der Waals surface area contributed by atoms with Crippen molar-refractivity contribution in [2.24, 2.45) is 0 Å². The van der Waals surface area contributed by atoms with Crippen LogP contribution in [0.3, 0.4) is 0 Å². The van der Waals surface area contributed by atoms with Crippen LogP contribution in [0, 0.1) is 6.92 Å². The normalized spacial score (nSPS) is 15.5. The predicted molar refractivity (Wildman–Crippen MR) is 71.4 cm³/mol. The fourth-order valence-corrected chi connectivity index (χ4v) is 2.03. The van der Waals surface area contributed by atoms with E-state index in [9.17, 15) is 0 Å². The summed E-state index contributed by atoms with van der Waals surface area (Å²) < 4.78 is 2.26. The molecule has 0 unspecified atom stereocenters. The van der Waals surface area contributed by atoms with Gasteiger partial charge in [0.1, 0.15) is 0 Å². The van der Waals surface area contributed by atoms with Crippen molar-refractivity contribution in [3.8, 4) is 0 Å². The third kappa shape index (κ3) is 3.46. The van der Waals surface area contributed by atoms with Crippen LogP contribution in [0.4, 0.5) is 5.95 Å². The van der Waals surface area contributed by atoms with Gasteiger partial charge in [0.15, 0.2) is 0 Å². The zero-order valence-corrected chi connectivity index (χ0v) is 11.2. The summed E-state index contributed by atoms with van der Waals surface area (Å²) >= 11 is 0. The number of aromatic nitrogens is 2. The van der Waals surface area contributed by atoms with Crippen LogP contribution in [0.5, 0.6) is 0 Å². The van der Waals surface area contributed by atoms with Crippen LogP contribution in [-0.4, -0.2) is 40.1 Å². The van der Waals surface area contributed by atoms with Gasteiger partial charge in [-0.25, -0.2) is 4.98 Å². The zero-order valence-electron chi connectivity index (χ0n) is 11.2. The van der Waals surface area contributed by atoms with E-state index in [1.165, 1.54) is 12.8 Å². The first kappa shape index (κ1) is 12.4. The van der Waals surface area contributed by atoms with Gasteiger partial charge in [-0.2, -0.15) is 0 Å². The number of nitrogens with zero attached hydrogens (tertiary/aromatic N) is 3. The van der Waals surface area contributed by atoms with Gasteiger partial charge >= 0.3 is 0 Å². The van der Waals surface area contributed by atoms with E-state index in [4.69, 9.17) is 0 Å². The van der Waals surface area contributed by atoms with Gasteiger partial charge in [-0.15, -0.1) is 0 Å². The largest absolute Gasteiger partial charge is 0.353 e. The highest BCUT2D eigenvalue weighted by atomic mass is 15.2. The number of likely N-dealkylation sites (N-methyl/N-ethyl adjacent to an activating group) is 1. The maximum absolute atomic E-state index is 4.55. The first-order chi connectivity index (χ1) is 8.22. The minimum Gasteiger partial charge on any atom is -0.353 e. The highest BCUT2D eigenvalue weighted by Crippen LogP contribution is 2.24. The summed E-state index contributed by atoms with van der Waals surface area (Å²) in [6, 6.07) is 0.670. The maximum Gasteiger partial charge on any atom is 0.203 e. The molecular formula is C13H24N4. The molecule has 1 aromatic rings. The summed E-state index contributed by atoms with van der Waals surface area (Å²) in [7, 11) is 0. The Morgan fingerprint density at radius 3 is 2.71 bits per heavy atom. The average molecular weight is 236 g/mol. The third-order valence-electron chi connectivity index (χ3n) is 3.36. The highest BCUT2D eigenvalue weighted by molar-refractivity contribution is 5.32. The van der Waals surface area contributed by atoms with E-state index in [1.54, 1.807) is 0 Å². The Hall–Kier alpha value is -1.03. The molecule has 0 aromatic carbocycles. The van der Waals surface area contributed by atoms with E-state index in [-0.39, 0.29) is 0 Å².